The minimum absolute atomic E-state index is 0.173. The number of aryl methyl sites for hydroxylation is 1. The Morgan fingerprint density at radius 3 is 2.76 bits per heavy atom. The maximum Gasteiger partial charge on any atom is 0.283 e. The normalized spacial score (nSPS) is 11.4. The predicted octanol–water partition coefficient (Wildman–Crippen LogP) is 3.71. The smallest absolute Gasteiger partial charge is 0.267 e. The van der Waals surface area contributed by atoms with Crippen molar-refractivity contribution in [1.29, 1.82) is 0 Å². The van der Waals surface area contributed by atoms with Gasteiger partial charge in [0, 0.05) is 28.4 Å². The zero-order chi connectivity index (χ0) is 17.2. The summed E-state index contributed by atoms with van der Waals surface area (Å²) in [7, 11) is 0. The molecule has 0 saturated carbocycles. The number of aromatic nitrogens is 3. The molecule has 0 N–H and O–H groups in total. The summed E-state index contributed by atoms with van der Waals surface area (Å²) in [5, 5.41) is 4.86. The lowest BCUT2D eigenvalue weighted by Crippen LogP contribution is -2.16. The number of hydrogen-bond donors (Lipinski definition) is 0. The van der Waals surface area contributed by atoms with Gasteiger partial charge >= 0.3 is 0 Å². The van der Waals surface area contributed by atoms with Crippen LogP contribution < -0.4 is 5.56 Å². The van der Waals surface area contributed by atoms with Crippen LogP contribution in [0.3, 0.4) is 0 Å². The largest absolute Gasteiger partial charge is 0.283 e. The van der Waals surface area contributed by atoms with E-state index in [2.05, 4.69) is 15.1 Å². The lowest BCUT2D eigenvalue weighted by molar-refractivity contribution is 0.819. The SMILES string of the molecule is Cc1sc2ncn(/N=C/c3cccnc3)c(=O)c2c1-c1ccccc1. The van der Waals surface area contributed by atoms with Gasteiger partial charge in [-0.05, 0) is 18.6 Å². The van der Waals surface area contributed by atoms with E-state index in [0.717, 1.165) is 26.4 Å². The minimum atomic E-state index is -0.173. The van der Waals surface area contributed by atoms with Crippen LogP contribution in [0.15, 0.2) is 71.1 Å². The highest BCUT2D eigenvalue weighted by Crippen LogP contribution is 2.35. The maximum absolute atomic E-state index is 13.0. The molecule has 6 heteroatoms. The average Bonchev–Trinajstić information content (AvgIpc) is 2.99. The Morgan fingerprint density at radius 2 is 2.00 bits per heavy atom. The molecule has 5 nitrogen and oxygen atoms in total. The van der Waals surface area contributed by atoms with Crippen LogP contribution in [-0.2, 0) is 0 Å². The summed E-state index contributed by atoms with van der Waals surface area (Å²) in [4.78, 5) is 23.2. The molecule has 4 rings (SSSR count). The third-order valence-corrected chi connectivity index (χ3v) is 4.86. The van der Waals surface area contributed by atoms with Crippen LogP contribution in [0, 0.1) is 6.92 Å². The van der Waals surface area contributed by atoms with E-state index in [9.17, 15) is 4.79 Å². The number of hydrogen-bond acceptors (Lipinski definition) is 5. The van der Waals surface area contributed by atoms with E-state index in [1.165, 1.54) is 22.3 Å². The third kappa shape index (κ3) is 2.88. The lowest BCUT2D eigenvalue weighted by atomic mass is 10.0. The molecule has 0 saturated heterocycles. The molecule has 0 amide bonds. The van der Waals surface area contributed by atoms with Gasteiger partial charge < -0.3 is 0 Å². The predicted molar refractivity (Wildman–Crippen MR) is 101 cm³/mol. The Kier molecular flexibility index (Phi) is 3.95. The van der Waals surface area contributed by atoms with E-state index < -0.39 is 0 Å². The summed E-state index contributed by atoms with van der Waals surface area (Å²) in [5.74, 6) is 0. The first-order valence-electron chi connectivity index (χ1n) is 7.74. The van der Waals surface area contributed by atoms with Crippen molar-refractivity contribution in [3.05, 3.63) is 82.0 Å². The standard InChI is InChI=1S/C19H14N4OS/c1-13-16(15-7-3-2-4-8-15)17-18(25-13)21-12-23(19(17)24)22-11-14-6-5-9-20-10-14/h2-12H,1H3/b22-11+. The van der Waals surface area contributed by atoms with Crippen molar-refractivity contribution in [1.82, 2.24) is 14.6 Å². The molecule has 4 aromatic rings. The quantitative estimate of drug-likeness (QED) is 0.531. The lowest BCUT2D eigenvalue weighted by Gasteiger charge is -2.02. The first-order chi connectivity index (χ1) is 12.2. The van der Waals surface area contributed by atoms with Gasteiger partial charge in [-0.25, -0.2) is 4.98 Å². The average molecular weight is 346 g/mol. The molecule has 25 heavy (non-hydrogen) atoms. The van der Waals surface area contributed by atoms with E-state index in [1.807, 2.05) is 49.4 Å². The van der Waals surface area contributed by atoms with Gasteiger partial charge in [0.2, 0.25) is 0 Å². The Bertz CT molecular complexity index is 1110. The number of thiophene rings is 1. The zero-order valence-corrected chi connectivity index (χ0v) is 14.3. The molecule has 0 aliphatic rings. The van der Waals surface area contributed by atoms with Crippen LogP contribution in [0.5, 0.6) is 0 Å². The molecule has 3 aromatic heterocycles. The van der Waals surface area contributed by atoms with Crippen molar-refractivity contribution in [2.45, 2.75) is 6.92 Å². The van der Waals surface area contributed by atoms with Crippen LogP contribution in [-0.4, -0.2) is 20.9 Å². The van der Waals surface area contributed by atoms with Crippen LogP contribution in [0.2, 0.25) is 0 Å². The second-order valence-electron chi connectivity index (χ2n) is 5.50. The molecular weight excluding hydrogens is 332 g/mol. The van der Waals surface area contributed by atoms with E-state index in [1.54, 1.807) is 18.6 Å². The summed E-state index contributed by atoms with van der Waals surface area (Å²) < 4.78 is 1.27. The summed E-state index contributed by atoms with van der Waals surface area (Å²) in [6.07, 6.45) is 6.44. The van der Waals surface area contributed by atoms with Gasteiger partial charge in [-0.2, -0.15) is 9.78 Å². The van der Waals surface area contributed by atoms with Gasteiger partial charge in [0.15, 0.2) is 0 Å². The van der Waals surface area contributed by atoms with Gasteiger partial charge in [0.05, 0.1) is 11.6 Å². The second kappa shape index (κ2) is 6.41. The summed E-state index contributed by atoms with van der Waals surface area (Å²) in [6, 6.07) is 13.6. The summed E-state index contributed by atoms with van der Waals surface area (Å²) in [5.41, 5.74) is 2.59. The Balaban J connectivity index is 1.88. The molecule has 0 fully saturated rings. The molecule has 0 spiro atoms. The van der Waals surface area contributed by atoms with Gasteiger partial charge in [0.25, 0.3) is 5.56 Å². The first-order valence-corrected chi connectivity index (χ1v) is 8.56. The van der Waals surface area contributed by atoms with Crippen molar-refractivity contribution in [2.75, 3.05) is 0 Å². The number of pyridine rings is 1. The molecule has 122 valence electrons. The molecule has 1 aromatic carbocycles. The van der Waals surface area contributed by atoms with Crippen LogP contribution in [0.25, 0.3) is 21.3 Å². The molecule has 0 aliphatic carbocycles. The first kappa shape index (κ1) is 15.4. The Hall–Kier alpha value is -3.12. The van der Waals surface area contributed by atoms with Crippen molar-refractivity contribution < 1.29 is 0 Å². The van der Waals surface area contributed by atoms with E-state index in [0.29, 0.717) is 5.39 Å². The molecular formula is C19H14N4OS. The van der Waals surface area contributed by atoms with Crippen molar-refractivity contribution in [3.63, 3.8) is 0 Å². The van der Waals surface area contributed by atoms with Gasteiger partial charge in [-0.3, -0.25) is 9.78 Å². The minimum Gasteiger partial charge on any atom is -0.267 e. The van der Waals surface area contributed by atoms with E-state index in [-0.39, 0.29) is 5.56 Å². The molecule has 0 bridgehead atoms. The number of fused-ring (bicyclic) bond motifs is 1. The maximum atomic E-state index is 13.0. The number of rotatable bonds is 3. The zero-order valence-electron chi connectivity index (χ0n) is 13.5. The fraction of sp³-hybridized carbons (Fsp3) is 0.0526. The third-order valence-electron chi connectivity index (χ3n) is 3.85. The highest BCUT2D eigenvalue weighted by molar-refractivity contribution is 7.19. The van der Waals surface area contributed by atoms with Gasteiger partial charge in [-0.1, -0.05) is 36.4 Å². The fourth-order valence-corrected chi connectivity index (χ4v) is 3.71. The summed E-state index contributed by atoms with van der Waals surface area (Å²) >= 11 is 1.52. The second-order valence-corrected chi connectivity index (χ2v) is 6.71. The highest BCUT2D eigenvalue weighted by atomic mass is 32.1. The molecule has 0 atom stereocenters. The van der Waals surface area contributed by atoms with E-state index >= 15 is 0 Å². The van der Waals surface area contributed by atoms with Crippen molar-refractivity contribution >= 4 is 27.8 Å². The van der Waals surface area contributed by atoms with Crippen LogP contribution in [0.4, 0.5) is 0 Å². The number of nitrogens with zero attached hydrogens (tertiary/aromatic N) is 4. The topological polar surface area (TPSA) is 60.1 Å². The summed E-state index contributed by atoms with van der Waals surface area (Å²) in [6.45, 7) is 2.01. The Labute approximate surface area is 147 Å². The molecule has 3 heterocycles. The fourth-order valence-electron chi connectivity index (χ4n) is 2.71. The highest BCUT2D eigenvalue weighted by Gasteiger charge is 2.16. The molecule has 0 unspecified atom stereocenters. The van der Waals surface area contributed by atoms with Gasteiger partial charge in [-0.15, -0.1) is 11.3 Å². The van der Waals surface area contributed by atoms with Crippen LogP contribution in [0.1, 0.15) is 10.4 Å². The van der Waals surface area contributed by atoms with Gasteiger partial charge in [0.1, 0.15) is 11.2 Å². The van der Waals surface area contributed by atoms with Crippen molar-refractivity contribution in [2.24, 2.45) is 5.10 Å². The van der Waals surface area contributed by atoms with Crippen molar-refractivity contribution in [3.8, 4) is 11.1 Å². The van der Waals surface area contributed by atoms with Crippen LogP contribution >= 0.6 is 11.3 Å². The molecule has 0 aliphatic heterocycles. The Morgan fingerprint density at radius 1 is 1.16 bits per heavy atom. The number of benzene rings is 1. The molecule has 0 radical (unpaired) electrons. The van der Waals surface area contributed by atoms with E-state index in [4.69, 9.17) is 0 Å². The monoisotopic (exact) mass is 346 g/mol.